The lowest BCUT2D eigenvalue weighted by molar-refractivity contribution is 0.409. The van der Waals surface area contributed by atoms with E-state index in [1.165, 1.54) is 0 Å². The molecule has 0 bridgehead atoms. The van der Waals surface area contributed by atoms with Crippen molar-refractivity contribution in [3.05, 3.63) is 58.1 Å². The summed E-state index contributed by atoms with van der Waals surface area (Å²) in [6.45, 7) is 0.753. The number of nitrogens with zero attached hydrogens (tertiary/aromatic N) is 1. The van der Waals surface area contributed by atoms with Crippen molar-refractivity contribution >= 4 is 38.8 Å². The molecule has 2 aromatic rings. The molecule has 0 unspecified atom stereocenters. The van der Waals surface area contributed by atoms with E-state index in [2.05, 4.69) is 26.9 Å². The molecule has 3 nitrogen and oxygen atoms in total. The summed E-state index contributed by atoms with van der Waals surface area (Å²) in [6, 6.07) is 14.0. The molecule has 0 heterocycles. The number of methoxy groups -OCH3 is 1. The van der Waals surface area contributed by atoms with Crippen molar-refractivity contribution in [2.45, 2.75) is 6.54 Å². The zero-order valence-electron chi connectivity index (χ0n) is 12.0. The number of ether oxygens (including phenoxy) is 1. The number of thiocarbonyl (C=S) groups is 1. The lowest BCUT2D eigenvalue weighted by Crippen LogP contribution is -2.17. The van der Waals surface area contributed by atoms with E-state index >= 15 is 0 Å². The molecule has 0 aromatic heterocycles. The molecule has 0 saturated carbocycles. The summed E-state index contributed by atoms with van der Waals surface area (Å²) in [5, 5.41) is 0. The van der Waals surface area contributed by atoms with Gasteiger partial charge in [-0.3, -0.25) is 0 Å². The number of hydrogen-bond donors (Lipinski definition) is 1. The van der Waals surface area contributed by atoms with Crippen molar-refractivity contribution in [2.24, 2.45) is 5.73 Å². The number of anilines is 1. The first-order valence-electron chi connectivity index (χ1n) is 6.45. The van der Waals surface area contributed by atoms with E-state index in [-0.39, 0.29) is 0 Å². The Kier molecular flexibility index (Phi) is 5.20. The van der Waals surface area contributed by atoms with Crippen LogP contribution in [-0.4, -0.2) is 19.1 Å². The van der Waals surface area contributed by atoms with Crippen LogP contribution < -0.4 is 15.4 Å². The number of benzene rings is 2. The zero-order valence-corrected chi connectivity index (χ0v) is 14.4. The lowest BCUT2D eigenvalue weighted by atomic mass is 10.1. The number of para-hydroxylation sites is 1. The molecule has 21 heavy (non-hydrogen) atoms. The summed E-state index contributed by atoms with van der Waals surface area (Å²) in [6.07, 6.45) is 0. The van der Waals surface area contributed by atoms with Crippen LogP contribution in [0.5, 0.6) is 5.75 Å². The Morgan fingerprint density at radius 1 is 1.29 bits per heavy atom. The van der Waals surface area contributed by atoms with E-state index in [0.29, 0.717) is 4.99 Å². The summed E-state index contributed by atoms with van der Waals surface area (Å²) < 4.78 is 6.29. The van der Waals surface area contributed by atoms with Crippen molar-refractivity contribution < 1.29 is 4.74 Å². The Morgan fingerprint density at radius 2 is 2.00 bits per heavy atom. The van der Waals surface area contributed by atoms with Gasteiger partial charge in [0, 0.05) is 34.9 Å². The molecular weight excluding hydrogens is 348 g/mol. The second kappa shape index (κ2) is 6.91. The monoisotopic (exact) mass is 364 g/mol. The van der Waals surface area contributed by atoms with Gasteiger partial charge >= 0.3 is 0 Å². The molecule has 0 saturated heterocycles. The molecule has 0 radical (unpaired) electrons. The molecule has 2 rings (SSSR count). The first-order chi connectivity index (χ1) is 10.0. The van der Waals surface area contributed by atoms with Crippen molar-refractivity contribution in [3.63, 3.8) is 0 Å². The highest BCUT2D eigenvalue weighted by molar-refractivity contribution is 9.10. The van der Waals surface area contributed by atoms with Crippen LogP contribution in [0.3, 0.4) is 0 Å². The predicted molar refractivity (Wildman–Crippen MR) is 95.1 cm³/mol. The van der Waals surface area contributed by atoms with Crippen molar-refractivity contribution in [2.75, 3.05) is 19.1 Å². The standard InChI is InChI=1S/C16H17BrN2OS/c1-19(10-11-5-3-4-6-15(11)20-2)12-7-8-13(16(18)21)14(17)9-12/h3-9H,10H2,1-2H3,(H2,18,21). The number of hydrogen-bond acceptors (Lipinski definition) is 3. The average molecular weight is 365 g/mol. The van der Waals surface area contributed by atoms with Crippen molar-refractivity contribution in [1.82, 2.24) is 0 Å². The summed E-state index contributed by atoms with van der Waals surface area (Å²) in [7, 11) is 3.72. The van der Waals surface area contributed by atoms with Gasteiger partial charge in [-0.1, -0.05) is 30.4 Å². The maximum absolute atomic E-state index is 5.67. The van der Waals surface area contributed by atoms with Gasteiger partial charge in [0.1, 0.15) is 10.7 Å². The minimum Gasteiger partial charge on any atom is -0.496 e. The number of nitrogens with two attached hydrogens (primary N) is 1. The van der Waals surface area contributed by atoms with Crippen LogP contribution in [-0.2, 0) is 6.54 Å². The van der Waals surface area contributed by atoms with Gasteiger partial charge in [0.25, 0.3) is 0 Å². The molecule has 2 N–H and O–H groups in total. The molecule has 0 amide bonds. The number of rotatable bonds is 5. The quantitative estimate of drug-likeness (QED) is 0.820. The Morgan fingerprint density at radius 3 is 2.62 bits per heavy atom. The lowest BCUT2D eigenvalue weighted by Gasteiger charge is -2.21. The third kappa shape index (κ3) is 3.74. The minimum atomic E-state index is 0.390. The smallest absolute Gasteiger partial charge is 0.123 e. The fraction of sp³-hybridized carbons (Fsp3) is 0.188. The summed E-state index contributed by atoms with van der Waals surface area (Å²) in [5.41, 5.74) is 8.73. The van der Waals surface area contributed by atoms with Crippen LogP contribution in [0.1, 0.15) is 11.1 Å². The van der Waals surface area contributed by atoms with E-state index in [4.69, 9.17) is 22.7 Å². The average Bonchev–Trinajstić information content (AvgIpc) is 2.47. The topological polar surface area (TPSA) is 38.5 Å². The van der Waals surface area contributed by atoms with Crippen molar-refractivity contribution in [3.8, 4) is 5.75 Å². The van der Waals surface area contributed by atoms with Gasteiger partial charge < -0.3 is 15.4 Å². The highest BCUT2D eigenvalue weighted by Gasteiger charge is 2.09. The highest BCUT2D eigenvalue weighted by atomic mass is 79.9. The van der Waals surface area contributed by atoms with E-state index < -0.39 is 0 Å². The third-order valence-corrected chi connectivity index (χ3v) is 4.13. The first kappa shape index (κ1) is 15.8. The number of halogens is 1. The maximum Gasteiger partial charge on any atom is 0.123 e. The summed E-state index contributed by atoms with van der Waals surface area (Å²) >= 11 is 8.52. The van der Waals surface area contributed by atoms with Gasteiger partial charge in [-0.25, -0.2) is 0 Å². The van der Waals surface area contributed by atoms with Crippen LogP contribution in [0.2, 0.25) is 0 Å². The van der Waals surface area contributed by atoms with Crippen LogP contribution in [0, 0.1) is 0 Å². The largest absolute Gasteiger partial charge is 0.496 e. The Hall–Kier alpha value is -1.59. The van der Waals surface area contributed by atoms with Crippen molar-refractivity contribution in [1.29, 1.82) is 0 Å². The van der Waals surface area contributed by atoms with Crippen LogP contribution >= 0.6 is 28.1 Å². The molecule has 0 aliphatic carbocycles. The minimum absolute atomic E-state index is 0.390. The van der Waals surface area contributed by atoms with E-state index in [1.807, 2.05) is 43.4 Å². The summed E-state index contributed by atoms with van der Waals surface area (Å²) in [4.78, 5) is 2.53. The van der Waals surface area contributed by atoms with Gasteiger partial charge in [-0.2, -0.15) is 0 Å². The fourth-order valence-corrected chi connectivity index (χ4v) is 3.01. The second-order valence-corrected chi connectivity index (χ2v) is 5.99. The van der Waals surface area contributed by atoms with E-state index in [1.54, 1.807) is 7.11 Å². The van der Waals surface area contributed by atoms with Gasteiger partial charge in [0.05, 0.1) is 7.11 Å². The van der Waals surface area contributed by atoms with Gasteiger partial charge in [0.15, 0.2) is 0 Å². The van der Waals surface area contributed by atoms with E-state index in [0.717, 1.165) is 33.6 Å². The van der Waals surface area contributed by atoms with Gasteiger partial charge in [-0.05, 0) is 40.2 Å². The SMILES string of the molecule is COc1ccccc1CN(C)c1ccc(C(N)=S)c(Br)c1. The predicted octanol–water partition coefficient (Wildman–Crippen LogP) is 3.73. The van der Waals surface area contributed by atoms with Crippen LogP contribution in [0.4, 0.5) is 5.69 Å². The van der Waals surface area contributed by atoms with E-state index in [9.17, 15) is 0 Å². The molecular formula is C16H17BrN2OS. The maximum atomic E-state index is 5.67. The molecule has 0 fully saturated rings. The summed E-state index contributed by atoms with van der Waals surface area (Å²) in [5.74, 6) is 0.892. The zero-order chi connectivity index (χ0) is 15.4. The van der Waals surface area contributed by atoms with Gasteiger partial charge in [-0.15, -0.1) is 0 Å². The third-order valence-electron chi connectivity index (χ3n) is 3.26. The molecule has 0 aliphatic rings. The normalized spacial score (nSPS) is 10.2. The molecule has 0 aliphatic heterocycles. The fourth-order valence-electron chi connectivity index (χ4n) is 2.12. The Balaban J connectivity index is 2.22. The Bertz CT molecular complexity index is 660. The molecule has 5 heteroatoms. The van der Waals surface area contributed by atoms with Gasteiger partial charge in [0.2, 0.25) is 0 Å². The molecule has 0 atom stereocenters. The Labute approximate surface area is 138 Å². The molecule has 110 valence electrons. The second-order valence-electron chi connectivity index (χ2n) is 4.70. The van der Waals surface area contributed by atoms with Crippen LogP contribution in [0.25, 0.3) is 0 Å². The first-order valence-corrected chi connectivity index (χ1v) is 7.65. The van der Waals surface area contributed by atoms with Crippen LogP contribution in [0.15, 0.2) is 46.9 Å². The highest BCUT2D eigenvalue weighted by Crippen LogP contribution is 2.26. The molecule has 2 aromatic carbocycles. The molecule has 0 spiro atoms.